The van der Waals surface area contributed by atoms with Gasteiger partial charge in [-0.25, -0.2) is 13.1 Å². The third-order valence-electron chi connectivity index (χ3n) is 4.65. The molecule has 3 rings (SSSR count). The Balaban J connectivity index is 1.88. The predicted octanol–water partition coefficient (Wildman–Crippen LogP) is 4.53. The summed E-state index contributed by atoms with van der Waals surface area (Å²) in [5.41, 5.74) is 1.39. The molecule has 0 aliphatic rings. The average Bonchev–Trinajstić information content (AvgIpc) is 3.00. The van der Waals surface area contributed by atoms with Gasteiger partial charge < -0.3 is 5.32 Å². The minimum absolute atomic E-state index is 0.184. The number of hydrogen-bond donors (Lipinski definition) is 2. The van der Waals surface area contributed by atoms with Crippen molar-refractivity contribution in [2.24, 2.45) is 0 Å². The highest BCUT2D eigenvalue weighted by molar-refractivity contribution is 7.92. The minimum Gasteiger partial charge on any atom is -0.321 e. The van der Waals surface area contributed by atoms with Crippen LogP contribution in [0.5, 0.6) is 0 Å². The second kappa shape index (κ2) is 9.10. The van der Waals surface area contributed by atoms with Crippen molar-refractivity contribution >= 4 is 33.4 Å². The monoisotopic (exact) mass is 478 g/mol. The third kappa shape index (κ3) is 6.01. The zero-order valence-electron chi connectivity index (χ0n) is 17.9. The molecular formula is C22H21F3N4O3S. The number of nitrogens with zero attached hydrogens (tertiary/aromatic N) is 2. The molecule has 1 amide bonds. The maximum atomic E-state index is 13.1. The standard InChI is InChI=1S/C22H21F3N4O3S/c1-14-18(15(2)29(27-14)17-7-5-4-6-8-17)10-12-21(30)26-20-13-16(22(23,24)25)9-11-19(20)28-33(3,31)32/h4-13,28H,1-3H3,(H,26,30). The number of amides is 1. The van der Waals surface area contributed by atoms with Gasteiger partial charge >= 0.3 is 6.18 Å². The van der Waals surface area contributed by atoms with E-state index in [9.17, 15) is 26.4 Å². The molecule has 0 fully saturated rings. The van der Waals surface area contributed by atoms with Crippen LogP contribution in [0.3, 0.4) is 0 Å². The highest BCUT2D eigenvalue weighted by atomic mass is 32.2. The zero-order chi connectivity index (χ0) is 24.4. The highest BCUT2D eigenvalue weighted by Crippen LogP contribution is 2.34. The normalized spacial score (nSPS) is 12.2. The van der Waals surface area contributed by atoms with Gasteiger partial charge in [-0.15, -0.1) is 0 Å². The number of nitrogens with one attached hydrogen (secondary N) is 2. The van der Waals surface area contributed by atoms with E-state index >= 15 is 0 Å². The topological polar surface area (TPSA) is 93.1 Å². The Labute approximate surface area is 189 Å². The van der Waals surface area contributed by atoms with Crippen LogP contribution in [-0.2, 0) is 21.0 Å². The van der Waals surface area contributed by atoms with Crippen LogP contribution in [0.1, 0.15) is 22.5 Å². The molecule has 11 heteroatoms. The van der Waals surface area contributed by atoms with Crippen LogP contribution in [-0.4, -0.2) is 30.4 Å². The lowest BCUT2D eigenvalue weighted by atomic mass is 10.1. The largest absolute Gasteiger partial charge is 0.416 e. The molecule has 2 aromatic carbocycles. The van der Waals surface area contributed by atoms with Crippen molar-refractivity contribution in [1.29, 1.82) is 0 Å². The lowest BCUT2D eigenvalue weighted by Crippen LogP contribution is -2.16. The maximum Gasteiger partial charge on any atom is 0.416 e. The maximum absolute atomic E-state index is 13.1. The van der Waals surface area contributed by atoms with Gasteiger partial charge in [0.1, 0.15) is 0 Å². The summed E-state index contributed by atoms with van der Waals surface area (Å²) in [5, 5.41) is 6.78. The third-order valence-corrected chi connectivity index (χ3v) is 5.24. The summed E-state index contributed by atoms with van der Waals surface area (Å²) in [6.45, 7) is 3.59. The fourth-order valence-corrected chi connectivity index (χ4v) is 3.74. The molecule has 1 aromatic heterocycles. The number of carbonyl (C=O) groups is 1. The number of carbonyl (C=O) groups excluding carboxylic acids is 1. The summed E-state index contributed by atoms with van der Waals surface area (Å²) in [6, 6.07) is 11.7. The number of sulfonamides is 1. The van der Waals surface area contributed by atoms with Crippen molar-refractivity contribution in [3.63, 3.8) is 0 Å². The van der Waals surface area contributed by atoms with E-state index in [1.807, 2.05) is 37.3 Å². The molecule has 174 valence electrons. The van der Waals surface area contributed by atoms with Gasteiger partial charge in [-0.3, -0.25) is 9.52 Å². The Kier molecular flexibility index (Phi) is 6.63. The van der Waals surface area contributed by atoms with Crippen LogP contribution in [0.4, 0.5) is 24.5 Å². The van der Waals surface area contributed by atoms with E-state index in [2.05, 4.69) is 15.1 Å². The lowest BCUT2D eigenvalue weighted by Gasteiger charge is -2.14. The molecule has 1 heterocycles. The van der Waals surface area contributed by atoms with Crippen molar-refractivity contribution in [1.82, 2.24) is 9.78 Å². The molecule has 0 aliphatic carbocycles. The molecule has 0 spiro atoms. The predicted molar refractivity (Wildman–Crippen MR) is 121 cm³/mol. The molecule has 0 bridgehead atoms. The number of para-hydroxylation sites is 1. The number of aromatic nitrogens is 2. The number of anilines is 2. The Morgan fingerprint density at radius 2 is 1.73 bits per heavy atom. The molecular weight excluding hydrogens is 457 g/mol. The van der Waals surface area contributed by atoms with Crippen LogP contribution in [0.2, 0.25) is 0 Å². The summed E-state index contributed by atoms with van der Waals surface area (Å²) in [6.07, 6.45) is -1.16. The first-order valence-electron chi connectivity index (χ1n) is 9.65. The molecule has 7 nitrogen and oxygen atoms in total. The molecule has 0 aliphatic heterocycles. The Morgan fingerprint density at radius 3 is 2.33 bits per heavy atom. The Hall–Kier alpha value is -3.60. The summed E-state index contributed by atoms with van der Waals surface area (Å²) < 4.78 is 66.2. The van der Waals surface area contributed by atoms with Gasteiger partial charge in [0.05, 0.1) is 34.6 Å². The molecule has 0 saturated heterocycles. The van der Waals surface area contributed by atoms with E-state index in [0.717, 1.165) is 35.8 Å². The highest BCUT2D eigenvalue weighted by Gasteiger charge is 2.31. The van der Waals surface area contributed by atoms with Crippen LogP contribution in [0, 0.1) is 13.8 Å². The number of rotatable bonds is 6. The molecule has 0 saturated carbocycles. The van der Waals surface area contributed by atoms with Gasteiger partial charge in [0.2, 0.25) is 15.9 Å². The first kappa shape index (κ1) is 24.1. The van der Waals surface area contributed by atoms with E-state index in [1.54, 1.807) is 11.6 Å². The van der Waals surface area contributed by atoms with Gasteiger partial charge in [-0.1, -0.05) is 18.2 Å². The van der Waals surface area contributed by atoms with Gasteiger partial charge in [0.25, 0.3) is 0 Å². The zero-order valence-corrected chi connectivity index (χ0v) is 18.8. The van der Waals surface area contributed by atoms with Crippen molar-refractivity contribution in [3.05, 3.63) is 77.1 Å². The molecule has 0 atom stereocenters. The van der Waals surface area contributed by atoms with Gasteiger partial charge in [0.15, 0.2) is 0 Å². The average molecular weight is 478 g/mol. The first-order chi connectivity index (χ1) is 15.3. The smallest absolute Gasteiger partial charge is 0.321 e. The number of halogens is 3. The van der Waals surface area contributed by atoms with E-state index in [-0.39, 0.29) is 11.4 Å². The summed E-state index contributed by atoms with van der Waals surface area (Å²) in [4.78, 5) is 12.5. The van der Waals surface area contributed by atoms with Gasteiger partial charge in [-0.05, 0) is 50.3 Å². The van der Waals surface area contributed by atoms with Gasteiger partial charge in [0, 0.05) is 17.3 Å². The van der Waals surface area contributed by atoms with E-state index in [1.165, 1.54) is 6.08 Å². The second-order valence-corrected chi connectivity index (χ2v) is 9.04. The fourth-order valence-electron chi connectivity index (χ4n) is 3.16. The fraction of sp³-hybridized carbons (Fsp3) is 0.182. The van der Waals surface area contributed by atoms with Crippen LogP contribution < -0.4 is 10.0 Å². The molecule has 0 unspecified atom stereocenters. The van der Waals surface area contributed by atoms with E-state index in [0.29, 0.717) is 17.3 Å². The molecule has 2 N–H and O–H groups in total. The van der Waals surface area contributed by atoms with Crippen LogP contribution in [0.25, 0.3) is 11.8 Å². The Morgan fingerprint density at radius 1 is 1.06 bits per heavy atom. The van der Waals surface area contributed by atoms with Crippen LogP contribution in [0.15, 0.2) is 54.6 Å². The second-order valence-electron chi connectivity index (χ2n) is 7.29. The van der Waals surface area contributed by atoms with Crippen molar-refractivity contribution in [2.75, 3.05) is 16.3 Å². The first-order valence-corrected chi connectivity index (χ1v) is 11.5. The van der Waals surface area contributed by atoms with E-state index < -0.39 is 27.7 Å². The SMILES string of the molecule is Cc1nn(-c2ccccc2)c(C)c1C=CC(=O)Nc1cc(C(F)(F)F)ccc1NS(C)(=O)=O. The van der Waals surface area contributed by atoms with Gasteiger partial charge in [-0.2, -0.15) is 18.3 Å². The lowest BCUT2D eigenvalue weighted by molar-refractivity contribution is -0.137. The van der Waals surface area contributed by atoms with Crippen molar-refractivity contribution < 1.29 is 26.4 Å². The quantitative estimate of drug-likeness (QED) is 0.509. The minimum atomic E-state index is -4.67. The number of alkyl halides is 3. The molecule has 0 radical (unpaired) electrons. The summed E-state index contributed by atoms with van der Waals surface area (Å²) in [5.74, 6) is -0.739. The van der Waals surface area contributed by atoms with Crippen molar-refractivity contribution in [3.8, 4) is 5.69 Å². The van der Waals surface area contributed by atoms with Crippen LogP contribution >= 0.6 is 0 Å². The Bertz CT molecular complexity index is 1310. The van der Waals surface area contributed by atoms with E-state index in [4.69, 9.17) is 0 Å². The summed E-state index contributed by atoms with van der Waals surface area (Å²) in [7, 11) is -3.79. The summed E-state index contributed by atoms with van der Waals surface area (Å²) >= 11 is 0. The molecule has 3 aromatic rings. The number of aryl methyl sites for hydroxylation is 1. The number of hydrogen-bond acceptors (Lipinski definition) is 4. The molecule has 33 heavy (non-hydrogen) atoms. The number of benzene rings is 2. The van der Waals surface area contributed by atoms with Crippen molar-refractivity contribution in [2.45, 2.75) is 20.0 Å².